The first-order valence-electron chi connectivity index (χ1n) is 24.8. The molecule has 5 aromatic heterocycles. The summed E-state index contributed by atoms with van der Waals surface area (Å²) in [5.74, 6) is 0. The van der Waals surface area contributed by atoms with E-state index in [1.54, 1.807) is 12.3 Å². The lowest BCUT2D eigenvalue weighted by Gasteiger charge is -2.22. The molecule has 0 saturated heterocycles. The van der Waals surface area contributed by atoms with E-state index in [9.17, 15) is 2.74 Å². The van der Waals surface area contributed by atoms with E-state index in [-0.39, 0.29) is 11.4 Å². The maximum atomic E-state index is 9.78. The van der Waals surface area contributed by atoms with Gasteiger partial charge in [-0.3, -0.25) is 15.0 Å². The van der Waals surface area contributed by atoms with Crippen molar-refractivity contribution in [2.75, 3.05) is 0 Å². The van der Waals surface area contributed by atoms with Crippen molar-refractivity contribution < 1.29 is 11.3 Å². The zero-order valence-corrected chi connectivity index (χ0v) is 36.8. The van der Waals surface area contributed by atoms with E-state index in [2.05, 4.69) is 83.8 Å². The fourth-order valence-corrected chi connectivity index (χ4v) is 8.66. The average molecular weight is 850 g/mol. The standard InChI is InChI=1S/C60H52N4O/c1-40-22-29-52-51-20-13-21-53(58(51)65-59(52)64-40)57-35-48(36-60(2,3)4)54(39-63-57)50-19-12-11-18-49(50)47-33-43(25-23-41-27-30-55(61-37-41)45-14-7-5-8-15-45)32-44(34-47)26-24-42-28-31-56(62-38-42)46-16-9-6-10-17-46/h5-22,27-35,37-39H,23-26,36H2,1-4H3/i1D3,36D2. The fourth-order valence-electron chi connectivity index (χ4n) is 8.66. The molecule has 0 N–H and O–H groups in total. The van der Waals surface area contributed by atoms with Crippen molar-refractivity contribution in [3.05, 3.63) is 216 Å². The van der Waals surface area contributed by atoms with E-state index in [0.29, 0.717) is 33.4 Å². The number of benzene rings is 5. The molecule has 0 aliphatic rings. The molecule has 0 atom stereocenters. The molecule has 5 heterocycles. The Labute approximate surface area is 389 Å². The van der Waals surface area contributed by atoms with Gasteiger partial charge in [-0.15, -0.1) is 0 Å². The van der Waals surface area contributed by atoms with Crippen LogP contribution in [0.25, 0.3) is 78.1 Å². The Balaban J connectivity index is 1.04. The van der Waals surface area contributed by atoms with Crippen LogP contribution in [0.15, 0.2) is 187 Å². The molecule has 0 saturated carbocycles. The number of hydrogen-bond donors (Lipinski definition) is 0. The number of aryl methyl sites for hydroxylation is 5. The Kier molecular flexibility index (Phi) is 9.91. The van der Waals surface area contributed by atoms with Crippen LogP contribution in [0.1, 0.15) is 61.1 Å². The SMILES string of the molecule is [2H]C([2H])([2H])c1ccc2c(n1)oc1c(-c3cc(C([2H])([2H])C(C)(C)C)c(-c4ccccc4-c4cc(CCc5ccc(-c6ccccc6)nc5)cc(CCc5ccc(-c6ccccc6)nc5)c4)cn3)cccc12. The highest BCUT2D eigenvalue weighted by Gasteiger charge is 2.21. The number of rotatable bonds is 12. The molecule has 0 radical (unpaired) electrons. The second-order valence-corrected chi connectivity index (χ2v) is 17.7. The maximum Gasteiger partial charge on any atom is 0.227 e. The summed E-state index contributed by atoms with van der Waals surface area (Å²) in [6.45, 7) is 3.37. The lowest BCUT2D eigenvalue weighted by atomic mass is 9.83. The number of pyridine rings is 4. The van der Waals surface area contributed by atoms with Gasteiger partial charge in [0.1, 0.15) is 5.58 Å². The van der Waals surface area contributed by atoms with Crippen LogP contribution in [0.3, 0.4) is 0 Å². The van der Waals surface area contributed by atoms with E-state index >= 15 is 0 Å². The van der Waals surface area contributed by atoms with Crippen LogP contribution in [0, 0.1) is 12.3 Å². The van der Waals surface area contributed by atoms with Crippen molar-refractivity contribution in [1.82, 2.24) is 19.9 Å². The van der Waals surface area contributed by atoms with Crippen molar-refractivity contribution in [2.45, 2.75) is 59.7 Å². The normalized spacial score (nSPS) is 13.2. The monoisotopic (exact) mass is 849 g/mol. The van der Waals surface area contributed by atoms with Gasteiger partial charge < -0.3 is 4.42 Å². The molecular weight excluding hydrogens is 793 g/mol. The minimum Gasteiger partial charge on any atom is -0.437 e. The summed E-state index contributed by atoms with van der Waals surface area (Å²) in [5.41, 5.74) is 14.0. The van der Waals surface area contributed by atoms with Gasteiger partial charge in [-0.25, -0.2) is 4.98 Å². The fraction of sp³-hybridized carbons (Fsp3) is 0.167. The highest BCUT2D eigenvalue weighted by molar-refractivity contribution is 6.08. The summed E-state index contributed by atoms with van der Waals surface area (Å²) in [6.07, 6.45) is 7.18. The van der Waals surface area contributed by atoms with E-state index in [0.717, 1.165) is 81.4 Å². The molecule has 0 fully saturated rings. The largest absolute Gasteiger partial charge is 0.437 e. The van der Waals surface area contributed by atoms with Gasteiger partial charge in [0, 0.05) is 64.2 Å². The molecule has 0 amide bonds. The molecule has 5 nitrogen and oxygen atoms in total. The van der Waals surface area contributed by atoms with Crippen LogP contribution in [-0.2, 0) is 32.1 Å². The molecular formula is C60H52N4O. The Morgan fingerprint density at radius 2 is 1.06 bits per heavy atom. The lowest BCUT2D eigenvalue weighted by molar-refractivity contribution is 0.411. The van der Waals surface area contributed by atoms with Crippen molar-refractivity contribution in [2.24, 2.45) is 5.41 Å². The zero-order valence-electron chi connectivity index (χ0n) is 41.8. The topological polar surface area (TPSA) is 64.7 Å². The van der Waals surface area contributed by atoms with E-state index in [1.807, 2.05) is 106 Å². The van der Waals surface area contributed by atoms with Crippen molar-refractivity contribution >= 4 is 22.1 Å². The van der Waals surface area contributed by atoms with Crippen molar-refractivity contribution in [3.63, 3.8) is 0 Å². The number of para-hydroxylation sites is 1. The molecule has 318 valence electrons. The molecule has 0 spiro atoms. The van der Waals surface area contributed by atoms with Gasteiger partial charge in [0.2, 0.25) is 5.71 Å². The first-order valence-corrected chi connectivity index (χ1v) is 22.3. The van der Waals surface area contributed by atoms with Gasteiger partial charge in [-0.1, -0.05) is 148 Å². The molecule has 0 aliphatic carbocycles. The lowest BCUT2D eigenvalue weighted by Crippen LogP contribution is -2.11. The molecule has 0 bridgehead atoms. The Morgan fingerprint density at radius 1 is 0.477 bits per heavy atom. The predicted molar refractivity (Wildman–Crippen MR) is 268 cm³/mol. The number of hydrogen-bond acceptors (Lipinski definition) is 5. The third kappa shape index (κ3) is 9.28. The van der Waals surface area contributed by atoms with Crippen LogP contribution in [0.5, 0.6) is 0 Å². The molecule has 10 aromatic rings. The van der Waals surface area contributed by atoms with E-state index in [1.165, 1.54) is 17.2 Å². The van der Waals surface area contributed by atoms with Crippen LogP contribution in [-0.4, -0.2) is 19.9 Å². The predicted octanol–water partition coefficient (Wildman–Crippen LogP) is 15.0. The maximum absolute atomic E-state index is 9.78. The molecule has 0 unspecified atom stereocenters. The highest BCUT2D eigenvalue weighted by Crippen LogP contribution is 2.40. The van der Waals surface area contributed by atoms with Gasteiger partial charge in [0.25, 0.3) is 0 Å². The molecule has 65 heavy (non-hydrogen) atoms. The van der Waals surface area contributed by atoms with Crippen molar-refractivity contribution in [1.29, 1.82) is 0 Å². The molecule has 5 aromatic carbocycles. The minimum absolute atomic E-state index is 0.0442. The van der Waals surface area contributed by atoms with Gasteiger partial charge in [0.05, 0.1) is 17.1 Å². The van der Waals surface area contributed by atoms with Crippen LogP contribution in [0.2, 0.25) is 0 Å². The summed E-state index contributed by atoms with van der Waals surface area (Å²) >= 11 is 0. The quantitative estimate of drug-likeness (QED) is 0.123. The summed E-state index contributed by atoms with van der Waals surface area (Å²) < 4.78 is 49.6. The molecule has 10 rings (SSSR count). The van der Waals surface area contributed by atoms with Gasteiger partial charge in [-0.05, 0) is 125 Å². The average Bonchev–Trinajstić information content (AvgIpc) is 3.76. The summed E-state index contributed by atoms with van der Waals surface area (Å²) in [6, 6.07) is 54.9. The summed E-state index contributed by atoms with van der Waals surface area (Å²) in [4.78, 5) is 19.1. The second-order valence-electron chi connectivity index (χ2n) is 17.7. The first kappa shape index (κ1) is 35.9. The van der Waals surface area contributed by atoms with Gasteiger partial charge in [-0.2, -0.15) is 0 Å². The third-order valence-corrected chi connectivity index (χ3v) is 11.8. The smallest absolute Gasteiger partial charge is 0.227 e. The van der Waals surface area contributed by atoms with Gasteiger partial charge in [0.15, 0.2) is 0 Å². The Morgan fingerprint density at radius 3 is 1.66 bits per heavy atom. The summed E-state index contributed by atoms with van der Waals surface area (Å²) in [7, 11) is 0. The Bertz CT molecular complexity index is 3370. The molecule has 5 heteroatoms. The van der Waals surface area contributed by atoms with Crippen LogP contribution in [0.4, 0.5) is 0 Å². The van der Waals surface area contributed by atoms with Crippen LogP contribution < -0.4 is 0 Å². The minimum atomic E-state index is -2.39. The van der Waals surface area contributed by atoms with E-state index < -0.39 is 18.6 Å². The van der Waals surface area contributed by atoms with Crippen molar-refractivity contribution in [3.8, 4) is 56.0 Å². The molecule has 0 aliphatic heterocycles. The third-order valence-electron chi connectivity index (χ3n) is 11.8. The van der Waals surface area contributed by atoms with E-state index in [4.69, 9.17) is 23.5 Å². The number of nitrogens with zero attached hydrogens (tertiary/aromatic N) is 4. The van der Waals surface area contributed by atoms with Gasteiger partial charge >= 0.3 is 0 Å². The zero-order chi connectivity index (χ0) is 48.6. The second kappa shape index (κ2) is 17.9. The highest BCUT2D eigenvalue weighted by atomic mass is 16.3. The number of fused-ring (bicyclic) bond motifs is 3. The Hall–Kier alpha value is -7.50. The van der Waals surface area contributed by atoms with Crippen LogP contribution >= 0.6 is 0 Å². The number of aromatic nitrogens is 4. The first-order chi connectivity index (χ1) is 33.7. The number of furan rings is 1. The summed E-state index contributed by atoms with van der Waals surface area (Å²) in [5, 5.41) is 1.46.